The number of amides is 2. The number of carbonyl (C=O) groups excluding carboxylic acids is 2. The molecule has 0 aliphatic heterocycles. The number of anilines is 1. The third kappa shape index (κ3) is 8.10. The van der Waals surface area contributed by atoms with Crippen molar-refractivity contribution < 1.29 is 22.7 Å². The van der Waals surface area contributed by atoms with E-state index in [1.54, 1.807) is 49.4 Å². The van der Waals surface area contributed by atoms with Crippen molar-refractivity contribution in [3.63, 3.8) is 0 Å². The molecule has 0 heterocycles. The number of sulfonamides is 1. The van der Waals surface area contributed by atoms with Crippen LogP contribution in [0.25, 0.3) is 0 Å². The summed E-state index contributed by atoms with van der Waals surface area (Å²) in [4.78, 5) is 29.1. The van der Waals surface area contributed by atoms with Crippen LogP contribution in [0.1, 0.15) is 43.7 Å². The fourth-order valence-corrected chi connectivity index (χ4v) is 6.97. The monoisotopic (exact) mass is 625 g/mol. The topological polar surface area (TPSA) is 96.0 Å². The van der Waals surface area contributed by atoms with Gasteiger partial charge in [-0.3, -0.25) is 13.9 Å². The first-order valence-electron chi connectivity index (χ1n) is 15.3. The van der Waals surface area contributed by atoms with Crippen molar-refractivity contribution in [1.82, 2.24) is 10.2 Å². The van der Waals surface area contributed by atoms with Gasteiger partial charge in [0.2, 0.25) is 11.8 Å². The highest BCUT2D eigenvalue weighted by Crippen LogP contribution is 2.29. The Balaban J connectivity index is 1.46. The molecule has 2 amide bonds. The highest BCUT2D eigenvalue weighted by molar-refractivity contribution is 7.92. The first-order chi connectivity index (χ1) is 21.7. The van der Waals surface area contributed by atoms with E-state index in [4.69, 9.17) is 4.74 Å². The normalized spacial score (nSPS) is 14.0. The number of carbonyl (C=O) groups is 2. The maximum absolute atomic E-state index is 14.2. The SMILES string of the molecule is Cc1cccc(CN(C(=O)CN(c2ccc(Oc3ccccc3)cc2)S(=O)(=O)c2ccccc2)[C@H](C)C(=O)NC2CCCC2)c1. The highest BCUT2D eigenvalue weighted by atomic mass is 32.2. The number of aryl methyl sites for hydroxylation is 1. The Hall–Kier alpha value is -4.63. The van der Waals surface area contributed by atoms with E-state index in [0.717, 1.165) is 41.1 Å². The predicted molar refractivity (Wildman–Crippen MR) is 176 cm³/mol. The molecule has 8 nitrogen and oxygen atoms in total. The first-order valence-corrected chi connectivity index (χ1v) is 16.7. The molecule has 234 valence electrons. The zero-order chi connectivity index (χ0) is 31.8. The molecule has 0 spiro atoms. The number of benzene rings is 4. The minimum atomic E-state index is -4.15. The van der Waals surface area contributed by atoms with Gasteiger partial charge in [-0.2, -0.15) is 0 Å². The Morgan fingerprint density at radius 2 is 1.47 bits per heavy atom. The number of hydrogen-bond donors (Lipinski definition) is 1. The summed E-state index contributed by atoms with van der Waals surface area (Å²) in [5, 5.41) is 3.10. The molecule has 0 saturated heterocycles. The lowest BCUT2D eigenvalue weighted by molar-refractivity contribution is -0.139. The van der Waals surface area contributed by atoms with Crippen LogP contribution in [0.3, 0.4) is 0 Å². The smallest absolute Gasteiger partial charge is 0.264 e. The molecule has 1 N–H and O–H groups in total. The third-order valence-corrected chi connectivity index (χ3v) is 9.81. The molecule has 1 fully saturated rings. The number of para-hydroxylation sites is 1. The summed E-state index contributed by atoms with van der Waals surface area (Å²) < 4.78 is 35.1. The van der Waals surface area contributed by atoms with Crippen LogP contribution in [0.4, 0.5) is 5.69 Å². The summed E-state index contributed by atoms with van der Waals surface area (Å²) >= 11 is 0. The van der Waals surface area contributed by atoms with Gasteiger partial charge >= 0.3 is 0 Å². The number of ether oxygens (including phenoxy) is 1. The summed E-state index contributed by atoms with van der Waals surface area (Å²) in [5.41, 5.74) is 2.17. The molecule has 1 atom stereocenters. The average Bonchev–Trinajstić information content (AvgIpc) is 3.56. The third-order valence-electron chi connectivity index (χ3n) is 8.02. The second kappa shape index (κ2) is 14.4. The number of hydrogen-bond acceptors (Lipinski definition) is 5. The van der Waals surface area contributed by atoms with Gasteiger partial charge in [-0.25, -0.2) is 8.42 Å². The summed E-state index contributed by atoms with van der Waals surface area (Å²) in [7, 11) is -4.15. The summed E-state index contributed by atoms with van der Waals surface area (Å²) in [5.74, 6) is 0.426. The van der Waals surface area contributed by atoms with Crippen LogP contribution in [0.2, 0.25) is 0 Å². The van der Waals surface area contributed by atoms with Gasteiger partial charge in [0.1, 0.15) is 24.1 Å². The maximum Gasteiger partial charge on any atom is 0.264 e. The zero-order valence-corrected chi connectivity index (χ0v) is 26.5. The van der Waals surface area contributed by atoms with E-state index >= 15 is 0 Å². The summed E-state index contributed by atoms with van der Waals surface area (Å²) in [6.45, 7) is 3.32. The summed E-state index contributed by atoms with van der Waals surface area (Å²) in [6, 6.07) is 30.9. The van der Waals surface area contributed by atoms with Crippen molar-refractivity contribution in [1.29, 1.82) is 0 Å². The van der Waals surface area contributed by atoms with E-state index in [9.17, 15) is 18.0 Å². The van der Waals surface area contributed by atoms with Crippen molar-refractivity contribution in [2.45, 2.75) is 63.1 Å². The molecule has 1 aliphatic carbocycles. The number of rotatable bonds is 12. The van der Waals surface area contributed by atoms with Crippen LogP contribution < -0.4 is 14.4 Å². The predicted octanol–water partition coefficient (Wildman–Crippen LogP) is 6.46. The molecule has 1 aliphatic rings. The Bertz CT molecular complexity index is 1690. The van der Waals surface area contributed by atoms with Gasteiger partial charge in [0, 0.05) is 12.6 Å². The van der Waals surface area contributed by atoms with Gasteiger partial charge in [-0.1, -0.05) is 79.1 Å². The quantitative estimate of drug-likeness (QED) is 0.195. The van der Waals surface area contributed by atoms with Crippen molar-refractivity contribution in [2.24, 2.45) is 0 Å². The van der Waals surface area contributed by atoms with Crippen LogP contribution in [-0.2, 0) is 26.2 Å². The van der Waals surface area contributed by atoms with E-state index in [2.05, 4.69) is 5.32 Å². The standard InChI is InChI=1S/C36H39N3O5S/c1-27-12-11-13-29(24-27)25-38(28(2)36(41)37-30-14-9-10-15-30)35(40)26-39(45(42,43)34-18-7-4-8-19-34)31-20-22-33(23-21-31)44-32-16-5-3-6-17-32/h3-8,11-13,16-24,28,30H,9-10,14-15,25-26H2,1-2H3,(H,37,41)/t28-/m1/s1. The van der Waals surface area contributed by atoms with E-state index in [1.807, 2.05) is 61.5 Å². The van der Waals surface area contributed by atoms with Crippen molar-refractivity contribution in [2.75, 3.05) is 10.8 Å². The summed E-state index contributed by atoms with van der Waals surface area (Å²) in [6.07, 6.45) is 3.95. The van der Waals surface area contributed by atoms with Crippen molar-refractivity contribution >= 4 is 27.5 Å². The van der Waals surface area contributed by atoms with Crippen LogP contribution >= 0.6 is 0 Å². The Kier molecular flexibility index (Phi) is 10.2. The molecular formula is C36H39N3O5S. The Labute approximate surface area is 265 Å². The van der Waals surface area contributed by atoms with Gasteiger partial charge in [-0.15, -0.1) is 0 Å². The lowest BCUT2D eigenvalue weighted by Gasteiger charge is -2.32. The molecule has 5 rings (SSSR count). The highest BCUT2D eigenvalue weighted by Gasteiger charge is 2.33. The molecule has 45 heavy (non-hydrogen) atoms. The molecule has 1 saturated carbocycles. The van der Waals surface area contributed by atoms with Crippen LogP contribution in [0.15, 0.2) is 114 Å². The Morgan fingerprint density at radius 3 is 2.11 bits per heavy atom. The van der Waals surface area contributed by atoms with Crippen LogP contribution in [0, 0.1) is 6.92 Å². The lowest BCUT2D eigenvalue weighted by Crippen LogP contribution is -2.52. The minimum absolute atomic E-state index is 0.0553. The molecule has 0 aromatic heterocycles. The van der Waals surface area contributed by atoms with Crippen LogP contribution in [0.5, 0.6) is 11.5 Å². The second-order valence-corrected chi connectivity index (χ2v) is 13.3. The number of nitrogens with one attached hydrogen (secondary N) is 1. The van der Waals surface area contributed by atoms with Gasteiger partial charge in [0.05, 0.1) is 10.6 Å². The van der Waals surface area contributed by atoms with Crippen molar-refractivity contribution in [3.8, 4) is 11.5 Å². The van der Waals surface area contributed by atoms with Crippen LogP contribution in [-0.4, -0.2) is 43.8 Å². The molecule has 0 radical (unpaired) electrons. The van der Waals surface area contributed by atoms with E-state index < -0.39 is 28.5 Å². The molecule has 4 aromatic rings. The Morgan fingerprint density at radius 1 is 0.844 bits per heavy atom. The second-order valence-electron chi connectivity index (χ2n) is 11.4. The minimum Gasteiger partial charge on any atom is -0.457 e. The van der Waals surface area contributed by atoms with Gasteiger partial charge < -0.3 is 15.0 Å². The number of nitrogens with zero attached hydrogens (tertiary/aromatic N) is 2. The fourth-order valence-electron chi connectivity index (χ4n) is 5.54. The molecule has 0 unspecified atom stereocenters. The first kappa shape index (κ1) is 31.8. The molecule has 9 heteroatoms. The fraction of sp³-hybridized carbons (Fsp3) is 0.278. The van der Waals surface area contributed by atoms with Gasteiger partial charge in [0.15, 0.2) is 0 Å². The average molecular weight is 626 g/mol. The van der Waals surface area contributed by atoms with E-state index in [1.165, 1.54) is 17.0 Å². The maximum atomic E-state index is 14.2. The van der Waals surface area contributed by atoms with E-state index in [0.29, 0.717) is 17.2 Å². The van der Waals surface area contributed by atoms with E-state index in [-0.39, 0.29) is 23.4 Å². The van der Waals surface area contributed by atoms with Gasteiger partial charge in [0.25, 0.3) is 10.0 Å². The molecular weight excluding hydrogens is 586 g/mol. The lowest BCUT2D eigenvalue weighted by atomic mass is 10.1. The van der Waals surface area contributed by atoms with Crippen molar-refractivity contribution in [3.05, 3.63) is 120 Å². The zero-order valence-electron chi connectivity index (χ0n) is 25.6. The largest absolute Gasteiger partial charge is 0.457 e. The van der Waals surface area contributed by atoms with Gasteiger partial charge in [-0.05, 0) is 80.8 Å². The molecule has 0 bridgehead atoms. The molecule has 4 aromatic carbocycles.